The van der Waals surface area contributed by atoms with E-state index >= 15 is 0 Å². The molecule has 0 atom stereocenters. The average Bonchev–Trinajstić information content (AvgIpc) is 3.09. The Morgan fingerprint density at radius 2 is 0.750 bits per heavy atom. The summed E-state index contributed by atoms with van der Waals surface area (Å²) in [4.78, 5) is 24.6. The van der Waals surface area contributed by atoms with Crippen LogP contribution in [0.25, 0.3) is 11.1 Å². The van der Waals surface area contributed by atoms with Gasteiger partial charge in [-0.2, -0.15) is 0 Å². The molecule has 0 spiro atoms. The van der Waals surface area contributed by atoms with Crippen molar-refractivity contribution in [2.45, 2.75) is 142 Å². The molecule has 2 rings (SSSR count). The van der Waals surface area contributed by atoms with Gasteiger partial charge in [0.05, 0.1) is 0 Å². The Balaban J connectivity index is 1.55. The minimum atomic E-state index is -0.196. The zero-order valence-corrected chi connectivity index (χ0v) is 29.4. The van der Waals surface area contributed by atoms with E-state index in [2.05, 4.69) is 61.2 Å². The maximum Gasteiger partial charge on any atom is 0.311 e. The molecule has 0 bridgehead atoms. The molecule has 0 amide bonds. The summed E-state index contributed by atoms with van der Waals surface area (Å²) >= 11 is 0. The minimum Gasteiger partial charge on any atom is -0.427 e. The fraction of sp³-hybridized carbons (Fsp3) is 0.500. The quantitative estimate of drug-likeness (QED) is 0.0586. The van der Waals surface area contributed by atoms with Crippen molar-refractivity contribution >= 4 is 11.9 Å². The number of carbonyl (C=O) groups is 2. The number of benzene rings is 2. The molecule has 0 unspecified atom stereocenters. The lowest BCUT2D eigenvalue weighted by atomic mass is 10.1. The Bertz CT molecular complexity index is 1320. The van der Waals surface area contributed by atoms with Crippen LogP contribution in [-0.4, -0.2) is 11.9 Å². The number of hydrogen-bond donors (Lipinski definition) is 0. The largest absolute Gasteiger partial charge is 0.427 e. The molecule has 0 heterocycles. The molecule has 0 aliphatic heterocycles. The van der Waals surface area contributed by atoms with E-state index in [-0.39, 0.29) is 11.9 Å². The van der Waals surface area contributed by atoms with E-state index in [1.54, 1.807) is 0 Å². The van der Waals surface area contributed by atoms with E-state index in [4.69, 9.17) is 9.47 Å². The van der Waals surface area contributed by atoms with Crippen molar-refractivity contribution in [2.24, 2.45) is 0 Å². The third-order valence-corrected chi connectivity index (χ3v) is 7.60. The molecular weight excluding hydrogens is 592 g/mol. The fourth-order valence-electron chi connectivity index (χ4n) is 4.85. The van der Waals surface area contributed by atoms with E-state index in [1.165, 1.54) is 0 Å². The summed E-state index contributed by atoms with van der Waals surface area (Å²) in [5, 5.41) is 0. The number of ether oxygens (including phenoxy) is 2. The molecule has 2 aromatic rings. The van der Waals surface area contributed by atoms with Crippen molar-refractivity contribution in [2.75, 3.05) is 0 Å². The smallest absolute Gasteiger partial charge is 0.311 e. The second-order valence-corrected chi connectivity index (χ2v) is 11.9. The predicted molar refractivity (Wildman–Crippen MR) is 198 cm³/mol. The van der Waals surface area contributed by atoms with E-state index < -0.39 is 0 Å². The highest BCUT2D eigenvalue weighted by molar-refractivity contribution is 5.74. The summed E-state index contributed by atoms with van der Waals surface area (Å²) in [6, 6.07) is 15.0. The topological polar surface area (TPSA) is 52.6 Å². The van der Waals surface area contributed by atoms with Crippen LogP contribution in [0.3, 0.4) is 0 Å². The van der Waals surface area contributed by atoms with E-state index in [9.17, 15) is 9.59 Å². The lowest BCUT2D eigenvalue weighted by Gasteiger charge is -2.08. The number of carbonyl (C=O) groups excluding carboxylic acids is 2. The molecule has 2 aromatic carbocycles. The Morgan fingerprint density at radius 3 is 1.10 bits per heavy atom. The Morgan fingerprint density at radius 1 is 0.438 bits per heavy atom. The van der Waals surface area contributed by atoms with Gasteiger partial charge in [0.1, 0.15) is 11.5 Å². The maximum atomic E-state index is 12.3. The Labute approximate surface area is 291 Å². The van der Waals surface area contributed by atoms with Crippen LogP contribution in [0.2, 0.25) is 0 Å². The number of rotatable bonds is 21. The van der Waals surface area contributed by atoms with Crippen molar-refractivity contribution in [1.82, 2.24) is 0 Å². The normalized spacial score (nSPS) is 9.79. The monoisotopic (exact) mass is 646 g/mol. The van der Waals surface area contributed by atoms with E-state index in [0.717, 1.165) is 127 Å². The highest BCUT2D eigenvalue weighted by Gasteiger charge is 2.08. The molecule has 0 saturated carbocycles. The van der Waals surface area contributed by atoms with Gasteiger partial charge in [-0.3, -0.25) is 9.59 Å². The molecule has 4 nitrogen and oxygen atoms in total. The van der Waals surface area contributed by atoms with Crippen LogP contribution < -0.4 is 9.47 Å². The van der Waals surface area contributed by atoms with Gasteiger partial charge in [-0.15, -0.1) is 0 Å². The maximum absolute atomic E-state index is 12.3. The molecule has 0 saturated heterocycles. The highest BCUT2D eigenvalue weighted by Crippen LogP contribution is 2.25. The average molecular weight is 647 g/mol. The van der Waals surface area contributed by atoms with Gasteiger partial charge in [0.15, 0.2) is 0 Å². The van der Waals surface area contributed by atoms with Crippen LogP contribution in [0, 0.1) is 47.4 Å². The van der Waals surface area contributed by atoms with E-state index in [1.807, 2.05) is 48.5 Å². The van der Waals surface area contributed by atoms with Crippen LogP contribution in [-0.2, 0) is 9.59 Å². The van der Waals surface area contributed by atoms with Gasteiger partial charge in [0.25, 0.3) is 0 Å². The molecule has 0 fully saturated rings. The summed E-state index contributed by atoms with van der Waals surface area (Å²) in [7, 11) is 0. The molecule has 0 aromatic heterocycles. The van der Waals surface area contributed by atoms with Crippen molar-refractivity contribution in [3.8, 4) is 70.0 Å². The number of unbranched alkanes of at least 4 members (excludes halogenated alkanes) is 14. The van der Waals surface area contributed by atoms with Gasteiger partial charge in [0.2, 0.25) is 0 Å². The van der Waals surface area contributed by atoms with Crippen molar-refractivity contribution in [3.05, 3.63) is 48.5 Å². The first kappa shape index (κ1) is 39.8. The van der Waals surface area contributed by atoms with Crippen LogP contribution in [0.5, 0.6) is 11.5 Å². The molecule has 0 aliphatic carbocycles. The number of esters is 2. The standard InChI is InChI=1S/C44H54O4/c1-3-5-7-9-11-13-15-17-19-21-23-25-27-29-43(45)47-41-35-31-39(32-36-41)40-33-37-42(38-34-40)48-44(46)30-28-26-24-22-20-18-16-14-12-10-8-6-4-2/h31-38H,3-6,15-30H2,1-2H3. The molecule has 0 radical (unpaired) electrons. The minimum absolute atomic E-state index is 0.196. The molecular formula is C44H54O4. The first-order valence-electron chi connectivity index (χ1n) is 18.2. The Kier molecular flexibility index (Phi) is 23.0. The van der Waals surface area contributed by atoms with Gasteiger partial charge >= 0.3 is 11.9 Å². The van der Waals surface area contributed by atoms with Crippen LogP contribution in [0.4, 0.5) is 0 Å². The van der Waals surface area contributed by atoms with Crippen molar-refractivity contribution in [3.63, 3.8) is 0 Å². The molecule has 0 N–H and O–H groups in total. The fourth-order valence-corrected chi connectivity index (χ4v) is 4.85. The van der Waals surface area contributed by atoms with Gasteiger partial charge in [-0.25, -0.2) is 0 Å². The third-order valence-electron chi connectivity index (χ3n) is 7.60. The third kappa shape index (κ3) is 20.7. The molecule has 4 heteroatoms. The second kappa shape index (κ2) is 27.7. The lowest BCUT2D eigenvalue weighted by molar-refractivity contribution is -0.135. The lowest BCUT2D eigenvalue weighted by Crippen LogP contribution is -2.07. The first-order valence-corrected chi connectivity index (χ1v) is 18.2. The summed E-state index contributed by atoms with van der Waals surface area (Å²) in [6.07, 6.45) is 19.5. The SMILES string of the molecule is CCCC#CC#CCCCCCCCCC(=O)Oc1ccc(-c2ccc(OC(=O)CCCCCCCCC#CC#CCCC)cc2)cc1. The van der Waals surface area contributed by atoms with E-state index in [0.29, 0.717) is 24.3 Å². The molecule has 0 aliphatic rings. The van der Waals surface area contributed by atoms with Crippen molar-refractivity contribution in [1.29, 1.82) is 0 Å². The van der Waals surface area contributed by atoms with Crippen molar-refractivity contribution < 1.29 is 19.1 Å². The zero-order valence-electron chi connectivity index (χ0n) is 29.4. The zero-order chi connectivity index (χ0) is 34.3. The van der Waals surface area contributed by atoms with Gasteiger partial charge in [-0.05, 0) is 97.6 Å². The summed E-state index contributed by atoms with van der Waals surface area (Å²) in [6.45, 7) is 4.23. The Hall–Kier alpha value is -4.38. The van der Waals surface area contributed by atoms with Gasteiger partial charge in [0, 0.05) is 38.5 Å². The van der Waals surface area contributed by atoms with Crippen LogP contribution in [0.1, 0.15) is 142 Å². The first-order chi connectivity index (χ1) is 23.6. The number of hydrogen-bond acceptors (Lipinski definition) is 4. The van der Waals surface area contributed by atoms with Crippen LogP contribution >= 0.6 is 0 Å². The summed E-state index contributed by atoms with van der Waals surface area (Å²) < 4.78 is 11.1. The summed E-state index contributed by atoms with van der Waals surface area (Å²) in [5.41, 5.74) is 1.99. The molecule has 48 heavy (non-hydrogen) atoms. The van der Waals surface area contributed by atoms with Gasteiger partial charge in [-0.1, -0.05) is 113 Å². The second-order valence-electron chi connectivity index (χ2n) is 11.9. The highest BCUT2D eigenvalue weighted by atomic mass is 16.5. The van der Waals surface area contributed by atoms with Gasteiger partial charge < -0.3 is 9.47 Å². The molecule has 254 valence electrons. The van der Waals surface area contributed by atoms with Crippen LogP contribution in [0.15, 0.2) is 48.5 Å². The summed E-state index contributed by atoms with van der Waals surface area (Å²) in [5.74, 6) is 24.6. The predicted octanol–water partition coefficient (Wildman–Crippen LogP) is 11.0.